The fourth-order valence-electron chi connectivity index (χ4n) is 3.18. The number of nitrogens with two attached hydrogens (primary N) is 1. The highest BCUT2D eigenvalue weighted by Crippen LogP contribution is 2.39. The Hall–Kier alpha value is -1.68. The van der Waals surface area contributed by atoms with Crippen LogP contribution in [0.15, 0.2) is 24.4 Å². The summed E-state index contributed by atoms with van der Waals surface area (Å²) in [6, 6.07) is 6.33. The summed E-state index contributed by atoms with van der Waals surface area (Å²) in [7, 11) is 0. The van der Waals surface area contributed by atoms with Gasteiger partial charge < -0.3 is 5.73 Å². The maximum absolute atomic E-state index is 6.56. The van der Waals surface area contributed by atoms with Crippen LogP contribution in [0, 0.1) is 0 Å². The lowest BCUT2D eigenvalue weighted by Crippen LogP contribution is -2.22. The minimum Gasteiger partial charge on any atom is -0.322 e. The predicted molar refractivity (Wildman–Crippen MR) is 79.5 cm³/mol. The van der Waals surface area contributed by atoms with Crippen molar-refractivity contribution in [3.8, 4) is 0 Å². The van der Waals surface area contributed by atoms with E-state index in [-0.39, 0.29) is 6.04 Å². The quantitative estimate of drug-likeness (QED) is 0.929. The van der Waals surface area contributed by atoms with Gasteiger partial charge in [-0.05, 0) is 43.9 Å². The van der Waals surface area contributed by atoms with Gasteiger partial charge in [0, 0.05) is 24.4 Å². The van der Waals surface area contributed by atoms with Crippen LogP contribution in [-0.2, 0) is 19.4 Å². The number of pyridine rings is 1. The van der Waals surface area contributed by atoms with Crippen LogP contribution in [0.4, 0.5) is 0 Å². The van der Waals surface area contributed by atoms with Crippen molar-refractivity contribution in [2.24, 2.45) is 5.73 Å². The van der Waals surface area contributed by atoms with Gasteiger partial charge >= 0.3 is 0 Å². The monoisotopic (exact) mass is 270 g/mol. The van der Waals surface area contributed by atoms with Gasteiger partial charge in [0.25, 0.3) is 0 Å². The topological polar surface area (TPSA) is 56.7 Å². The third-order valence-electron chi connectivity index (χ3n) is 4.30. The lowest BCUT2D eigenvalue weighted by molar-refractivity contribution is 0.488. The van der Waals surface area contributed by atoms with Crippen LogP contribution in [-0.4, -0.2) is 14.8 Å². The predicted octanol–water partition coefficient (Wildman–Crippen LogP) is 2.59. The first-order valence-corrected chi connectivity index (χ1v) is 7.50. The molecule has 4 nitrogen and oxygen atoms in total. The molecule has 2 unspecified atom stereocenters. The van der Waals surface area contributed by atoms with Gasteiger partial charge in [0.05, 0.1) is 17.4 Å². The zero-order chi connectivity index (χ0) is 14.1. The van der Waals surface area contributed by atoms with Crippen LogP contribution >= 0.6 is 0 Å². The van der Waals surface area contributed by atoms with Crippen molar-refractivity contribution in [1.82, 2.24) is 14.8 Å². The van der Waals surface area contributed by atoms with E-state index in [2.05, 4.69) is 36.1 Å². The Kier molecular flexibility index (Phi) is 3.57. The molecule has 1 aliphatic carbocycles. The van der Waals surface area contributed by atoms with Crippen molar-refractivity contribution in [2.45, 2.75) is 51.6 Å². The first kappa shape index (κ1) is 13.3. The highest BCUT2D eigenvalue weighted by Gasteiger charge is 2.31. The number of nitrogens with zero attached hydrogens (tertiary/aromatic N) is 3. The molecule has 0 saturated heterocycles. The molecule has 1 aliphatic rings. The molecule has 2 aromatic heterocycles. The summed E-state index contributed by atoms with van der Waals surface area (Å²) in [5.74, 6) is 0.318. The van der Waals surface area contributed by atoms with E-state index in [1.807, 2.05) is 16.9 Å². The Morgan fingerprint density at radius 1 is 1.45 bits per heavy atom. The molecule has 0 radical (unpaired) electrons. The maximum Gasteiger partial charge on any atom is 0.0625 e. The van der Waals surface area contributed by atoms with E-state index in [0.717, 1.165) is 37.2 Å². The van der Waals surface area contributed by atoms with Gasteiger partial charge in [0.1, 0.15) is 0 Å². The van der Waals surface area contributed by atoms with Crippen molar-refractivity contribution < 1.29 is 0 Å². The van der Waals surface area contributed by atoms with Gasteiger partial charge in [-0.3, -0.25) is 9.67 Å². The average molecular weight is 270 g/mol. The molecule has 20 heavy (non-hydrogen) atoms. The average Bonchev–Trinajstić information content (AvgIpc) is 3.10. The number of aromatic nitrogens is 3. The molecule has 3 rings (SSSR count). The molecular weight excluding hydrogens is 248 g/mol. The molecule has 0 bridgehead atoms. The number of rotatable bonds is 4. The van der Waals surface area contributed by atoms with Crippen LogP contribution < -0.4 is 5.73 Å². The molecule has 0 saturated carbocycles. The Balaban J connectivity index is 1.94. The van der Waals surface area contributed by atoms with E-state index in [1.165, 1.54) is 11.3 Å². The lowest BCUT2D eigenvalue weighted by atomic mass is 9.94. The first-order chi connectivity index (χ1) is 9.74. The highest BCUT2D eigenvalue weighted by molar-refractivity contribution is 5.32. The molecular formula is C16H22N4. The van der Waals surface area contributed by atoms with Gasteiger partial charge in [0.15, 0.2) is 0 Å². The van der Waals surface area contributed by atoms with Crippen LogP contribution in [0.3, 0.4) is 0 Å². The second-order valence-electron chi connectivity index (χ2n) is 5.45. The molecule has 0 amide bonds. The summed E-state index contributed by atoms with van der Waals surface area (Å²) in [6.07, 6.45) is 5.00. The van der Waals surface area contributed by atoms with Crippen LogP contribution in [0.1, 0.15) is 54.9 Å². The summed E-state index contributed by atoms with van der Waals surface area (Å²) in [6.45, 7) is 5.11. The number of hydrogen-bond donors (Lipinski definition) is 1. The normalized spacial score (nSPS) is 19.1. The summed E-state index contributed by atoms with van der Waals surface area (Å²) in [5, 5.41) is 4.61. The standard InChI is InChI=1S/C16H22N4/c1-3-12-10-14(20(4-2)19-12)15(17)13-8-7-11-6-5-9-18-16(11)13/h5-6,9-10,13,15H,3-4,7-8,17H2,1-2H3. The second-order valence-corrected chi connectivity index (χ2v) is 5.45. The number of fused-ring (bicyclic) bond motifs is 1. The molecule has 0 spiro atoms. The van der Waals surface area contributed by atoms with E-state index in [4.69, 9.17) is 5.73 Å². The summed E-state index contributed by atoms with van der Waals surface area (Å²) in [4.78, 5) is 4.56. The second kappa shape index (κ2) is 5.37. The third kappa shape index (κ3) is 2.14. The van der Waals surface area contributed by atoms with Crippen molar-refractivity contribution in [3.05, 3.63) is 47.0 Å². The maximum atomic E-state index is 6.56. The highest BCUT2D eigenvalue weighted by atomic mass is 15.3. The Morgan fingerprint density at radius 3 is 3.05 bits per heavy atom. The van der Waals surface area contributed by atoms with Gasteiger partial charge in [-0.2, -0.15) is 5.10 Å². The van der Waals surface area contributed by atoms with E-state index < -0.39 is 0 Å². The molecule has 0 aliphatic heterocycles. The molecule has 0 aromatic carbocycles. The smallest absolute Gasteiger partial charge is 0.0625 e. The van der Waals surface area contributed by atoms with E-state index in [0.29, 0.717) is 5.92 Å². The van der Waals surface area contributed by atoms with Crippen LogP contribution in [0.25, 0.3) is 0 Å². The van der Waals surface area contributed by atoms with Gasteiger partial charge in [-0.1, -0.05) is 13.0 Å². The van der Waals surface area contributed by atoms with E-state index in [1.54, 1.807) is 0 Å². The van der Waals surface area contributed by atoms with Crippen molar-refractivity contribution in [3.63, 3.8) is 0 Å². The molecule has 106 valence electrons. The van der Waals surface area contributed by atoms with E-state index in [9.17, 15) is 0 Å². The third-order valence-corrected chi connectivity index (χ3v) is 4.30. The minimum absolute atomic E-state index is 0.0149. The van der Waals surface area contributed by atoms with Crippen molar-refractivity contribution in [1.29, 1.82) is 0 Å². The number of aryl methyl sites for hydroxylation is 3. The first-order valence-electron chi connectivity index (χ1n) is 7.50. The fourth-order valence-corrected chi connectivity index (χ4v) is 3.18. The zero-order valence-corrected chi connectivity index (χ0v) is 12.2. The van der Waals surface area contributed by atoms with Gasteiger partial charge in [-0.15, -0.1) is 0 Å². The van der Waals surface area contributed by atoms with Crippen molar-refractivity contribution >= 4 is 0 Å². The molecule has 2 aromatic rings. The Bertz CT molecular complexity index is 602. The van der Waals surface area contributed by atoms with Gasteiger partial charge in [0.2, 0.25) is 0 Å². The molecule has 4 heteroatoms. The van der Waals surface area contributed by atoms with Crippen LogP contribution in [0.5, 0.6) is 0 Å². The molecule has 2 heterocycles. The minimum atomic E-state index is -0.0149. The summed E-state index contributed by atoms with van der Waals surface area (Å²) < 4.78 is 2.05. The lowest BCUT2D eigenvalue weighted by Gasteiger charge is -2.20. The van der Waals surface area contributed by atoms with Crippen molar-refractivity contribution in [2.75, 3.05) is 0 Å². The zero-order valence-electron chi connectivity index (χ0n) is 12.2. The molecule has 0 fully saturated rings. The SMILES string of the molecule is CCc1cc(C(N)C2CCc3cccnc32)n(CC)n1. The Labute approximate surface area is 120 Å². The molecule has 2 atom stereocenters. The summed E-state index contributed by atoms with van der Waals surface area (Å²) >= 11 is 0. The van der Waals surface area contributed by atoms with E-state index >= 15 is 0 Å². The molecule has 2 N–H and O–H groups in total. The number of hydrogen-bond acceptors (Lipinski definition) is 3. The van der Waals surface area contributed by atoms with Crippen LogP contribution in [0.2, 0.25) is 0 Å². The van der Waals surface area contributed by atoms with Gasteiger partial charge in [-0.25, -0.2) is 0 Å². The largest absolute Gasteiger partial charge is 0.322 e. The Morgan fingerprint density at radius 2 is 2.30 bits per heavy atom. The fraction of sp³-hybridized carbons (Fsp3) is 0.500. The summed E-state index contributed by atoms with van der Waals surface area (Å²) in [5.41, 5.74) is 11.4.